The predicted molar refractivity (Wildman–Crippen MR) is 176 cm³/mol. The molecule has 1 aliphatic heterocycles. The molecule has 0 radical (unpaired) electrons. The first-order chi connectivity index (χ1) is 22.0. The van der Waals surface area contributed by atoms with Gasteiger partial charge in [-0.1, -0.05) is 45.0 Å². The lowest BCUT2D eigenvalue weighted by Crippen LogP contribution is -2.36. The van der Waals surface area contributed by atoms with Crippen LogP contribution in [0.5, 0.6) is 0 Å². The van der Waals surface area contributed by atoms with Crippen LogP contribution in [0.15, 0.2) is 73.1 Å². The number of nitrogens with one attached hydrogen (secondary N) is 1. The van der Waals surface area contributed by atoms with Gasteiger partial charge in [-0.3, -0.25) is 24.0 Å². The van der Waals surface area contributed by atoms with Gasteiger partial charge in [0.2, 0.25) is 0 Å². The normalized spacial score (nSPS) is 13.3. The second-order valence-electron chi connectivity index (χ2n) is 12.4. The Morgan fingerprint density at radius 3 is 2.37 bits per heavy atom. The van der Waals surface area contributed by atoms with E-state index in [-0.39, 0.29) is 36.7 Å². The van der Waals surface area contributed by atoms with Gasteiger partial charge in [-0.05, 0) is 53.1 Å². The highest BCUT2D eigenvalue weighted by molar-refractivity contribution is 6.06. The topological polar surface area (TPSA) is 130 Å². The number of nitrogens with zero attached hydrogens (tertiary/aromatic N) is 5. The van der Waals surface area contributed by atoms with Gasteiger partial charge in [0, 0.05) is 56.6 Å². The Morgan fingerprint density at radius 2 is 1.70 bits per heavy atom. The molecule has 11 heteroatoms. The Balaban J connectivity index is 1.44. The van der Waals surface area contributed by atoms with Crippen LogP contribution >= 0.6 is 0 Å². The van der Waals surface area contributed by atoms with Crippen molar-refractivity contribution in [2.45, 2.75) is 39.2 Å². The minimum atomic E-state index is -0.978. The molecule has 0 aliphatic carbocycles. The second-order valence-corrected chi connectivity index (χ2v) is 12.4. The summed E-state index contributed by atoms with van der Waals surface area (Å²) in [5, 5.41) is 17.1. The highest BCUT2D eigenvalue weighted by atomic mass is 16.5. The molecule has 2 N–H and O–H groups in total. The SMILES string of the molecule is Cn1nc(C(C)(C)C)cc1C(=O)N(CCC(=O)O)Cc1cccc(-c2ccc(N3CCOCC3)c(NC(=O)c3ccncc3)c2)c1. The number of hydrogen-bond acceptors (Lipinski definition) is 7. The first kappa shape index (κ1) is 32.4. The number of pyridine rings is 1. The smallest absolute Gasteiger partial charge is 0.305 e. The van der Waals surface area contributed by atoms with Gasteiger partial charge in [0.05, 0.1) is 36.7 Å². The number of amides is 2. The quantitative estimate of drug-likeness (QED) is 0.253. The van der Waals surface area contributed by atoms with Crippen LogP contribution in [0.4, 0.5) is 11.4 Å². The Bertz CT molecular complexity index is 1710. The van der Waals surface area contributed by atoms with Crippen molar-refractivity contribution in [3.05, 3.63) is 95.6 Å². The molecule has 3 heterocycles. The molecule has 2 aromatic carbocycles. The molecule has 2 amide bonds. The van der Waals surface area contributed by atoms with E-state index in [4.69, 9.17) is 4.74 Å². The van der Waals surface area contributed by atoms with Gasteiger partial charge in [0.25, 0.3) is 11.8 Å². The summed E-state index contributed by atoms with van der Waals surface area (Å²) in [5.74, 6) is -1.50. The number of benzene rings is 2. The fraction of sp³-hybridized carbons (Fsp3) is 0.343. The fourth-order valence-corrected chi connectivity index (χ4v) is 5.34. The van der Waals surface area contributed by atoms with Crippen molar-refractivity contribution < 1.29 is 24.2 Å². The molecule has 0 bridgehead atoms. The van der Waals surface area contributed by atoms with Gasteiger partial charge in [0.15, 0.2) is 0 Å². The molecule has 5 rings (SSSR count). The van der Waals surface area contributed by atoms with Crippen molar-refractivity contribution in [1.82, 2.24) is 19.7 Å². The fourth-order valence-electron chi connectivity index (χ4n) is 5.34. The Hall–Kier alpha value is -5.03. The zero-order valence-electron chi connectivity index (χ0n) is 26.7. The molecule has 11 nitrogen and oxygen atoms in total. The number of carboxylic acids is 1. The van der Waals surface area contributed by atoms with Gasteiger partial charge in [0.1, 0.15) is 5.69 Å². The molecular formula is C35H40N6O5. The van der Waals surface area contributed by atoms with Crippen LogP contribution in [0, 0.1) is 0 Å². The third-order valence-electron chi connectivity index (χ3n) is 7.92. The number of morpholine rings is 1. The van der Waals surface area contributed by atoms with Crippen molar-refractivity contribution in [2.24, 2.45) is 7.05 Å². The van der Waals surface area contributed by atoms with E-state index in [2.05, 4.69) is 20.3 Å². The number of carbonyl (C=O) groups excluding carboxylic acids is 2. The number of aromatic nitrogens is 3. The van der Waals surface area contributed by atoms with Crippen LogP contribution in [0.2, 0.25) is 0 Å². The number of carbonyl (C=O) groups is 3. The van der Waals surface area contributed by atoms with E-state index in [1.54, 1.807) is 47.2 Å². The summed E-state index contributed by atoms with van der Waals surface area (Å²) < 4.78 is 7.11. The molecule has 0 atom stereocenters. The molecule has 4 aromatic rings. The molecule has 240 valence electrons. The highest BCUT2D eigenvalue weighted by Gasteiger charge is 2.25. The number of aliphatic carboxylic acids is 1. The van der Waals surface area contributed by atoms with Crippen molar-refractivity contribution in [3.8, 4) is 11.1 Å². The first-order valence-corrected chi connectivity index (χ1v) is 15.3. The van der Waals surface area contributed by atoms with Crippen LogP contribution in [0.25, 0.3) is 11.1 Å². The molecule has 0 saturated carbocycles. The molecule has 46 heavy (non-hydrogen) atoms. The van der Waals surface area contributed by atoms with E-state index in [1.165, 1.54) is 0 Å². The summed E-state index contributed by atoms with van der Waals surface area (Å²) in [6, 6.07) is 18.9. The highest BCUT2D eigenvalue weighted by Crippen LogP contribution is 2.33. The van der Waals surface area contributed by atoms with Gasteiger partial charge >= 0.3 is 5.97 Å². The third-order valence-corrected chi connectivity index (χ3v) is 7.92. The van der Waals surface area contributed by atoms with Crippen LogP contribution in [0.1, 0.15) is 59.3 Å². The van der Waals surface area contributed by atoms with Crippen LogP contribution < -0.4 is 10.2 Å². The van der Waals surface area contributed by atoms with Crippen LogP contribution in [-0.2, 0) is 28.5 Å². The summed E-state index contributed by atoms with van der Waals surface area (Å²) in [7, 11) is 1.73. The largest absolute Gasteiger partial charge is 0.481 e. The van der Waals surface area contributed by atoms with Crippen molar-refractivity contribution >= 4 is 29.2 Å². The van der Waals surface area contributed by atoms with Gasteiger partial charge in [-0.15, -0.1) is 0 Å². The molecule has 1 saturated heterocycles. The Morgan fingerprint density at radius 1 is 0.978 bits per heavy atom. The number of rotatable bonds is 10. The molecule has 2 aromatic heterocycles. The van der Waals surface area contributed by atoms with E-state index in [9.17, 15) is 19.5 Å². The van der Waals surface area contributed by atoms with E-state index in [0.29, 0.717) is 43.2 Å². The zero-order chi connectivity index (χ0) is 32.8. The maximum Gasteiger partial charge on any atom is 0.305 e. The Kier molecular flexibility index (Phi) is 9.81. The standard InChI is InChI=1S/C35H40N6O5/c1-35(2,3)31-22-30(39(4)38-31)34(45)41(15-12-32(42)43)23-24-6-5-7-26(20-24)27-8-9-29(40-16-18-46-19-17-40)28(21-27)37-33(44)25-10-13-36-14-11-25/h5-11,13-14,20-22H,12,15-19,23H2,1-4H3,(H,37,44)(H,42,43). The number of anilines is 2. The molecular weight excluding hydrogens is 584 g/mol. The van der Waals surface area contributed by atoms with Crippen molar-refractivity contribution in [3.63, 3.8) is 0 Å². The summed E-state index contributed by atoms with van der Waals surface area (Å²) in [4.78, 5) is 46.2. The average molecular weight is 625 g/mol. The molecule has 0 unspecified atom stereocenters. The monoisotopic (exact) mass is 624 g/mol. The first-order valence-electron chi connectivity index (χ1n) is 15.3. The lowest BCUT2D eigenvalue weighted by Gasteiger charge is -2.31. The summed E-state index contributed by atoms with van der Waals surface area (Å²) >= 11 is 0. The summed E-state index contributed by atoms with van der Waals surface area (Å²) in [6.07, 6.45) is 2.99. The van der Waals surface area contributed by atoms with E-state index in [0.717, 1.165) is 28.1 Å². The Labute approximate surface area is 268 Å². The number of aryl methyl sites for hydroxylation is 1. The third kappa shape index (κ3) is 7.78. The second kappa shape index (κ2) is 13.9. The molecule has 0 spiro atoms. The van der Waals surface area contributed by atoms with E-state index in [1.807, 2.05) is 63.2 Å². The van der Waals surface area contributed by atoms with Gasteiger partial charge in [-0.2, -0.15) is 5.10 Å². The summed E-state index contributed by atoms with van der Waals surface area (Å²) in [5.41, 5.74) is 5.65. The maximum atomic E-state index is 13.7. The lowest BCUT2D eigenvalue weighted by atomic mass is 9.92. The van der Waals surface area contributed by atoms with Crippen LogP contribution in [0.3, 0.4) is 0 Å². The zero-order valence-corrected chi connectivity index (χ0v) is 26.7. The minimum Gasteiger partial charge on any atom is -0.481 e. The number of ether oxygens (including phenoxy) is 1. The lowest BCUT2D eigenvalue weighted by molar-refractivity contribution is -0.137. The van der Waals surface area contributed by atoms with E-state index < -0.39 is 5.97 Å². The van der Waals surface area contributed by atoms with Crippen molar-refractivity contribution in [2.75, 3.05) is 43.1 Å². The predicted octanol–water partition coefficient (Wildman–Crippen LogP) is 4.99. The molecule has 1 fully saturated rings. The summed E-state index contributed by atoms with van der Waals surface area (Å²) in [6.45, 7) is 8.98. The van der Waals surface area contributed by atoms with Crippen LogP contribution in [-0.4, -0.2) is 75.4 Å². The van der Waals surface area contributed by atoms with Gasteiger partial charge in [-0.25, -0.2) is 0 Å². The van der Waals surface area contributed by atoms with Gasteiger partial charge < -0.3 is 25.0 Å². The maximum absolute atomic E-state index is 13.7. The molecule has 1 aliphatic rings. The minimum absolute atomic E-state index is 0.0495. The van der Waals surface area contributed by atoms with E-state index >= 15 is 0 Å². The number of hydrogen-bond donors (Lipinski definition) is 2. The van der Waals surface area contributed by atoms with Crippen molar-refractivity contribution in [1.29, 1.82) is 0 Å². The number of carboxylic acid groups (broad SMARTS) is 1. The average Bonchev–Trinajstić information content (AvgIpc) is 3.45.